The van der Waals surface area contributed by atoms with Crippen LogP contribution in [0.2, 0.25) is 0 Å². The Labute approximate surface area is 68.3 Å². The summed E-state index contributed by atoms with van der Waals surface area (Å²) in [7, 11) is -0.727. The van der Waals surface area contributed by atoms with Gasteiger partial charge in [0.1, 0.15) is 5.25 Å². The molecule has 0 spiro atoms. The first-order chi connectivity index (χ1) is 5.00. The van der Waals surface area contributed by atoms with Gasteiger partial charge in [-0.1, -0.05) is 0 Å². The van der Waals surface area contributed by atoms with Crippen LogP contribution in [0.5, 0.6) is 0 Å². The van der Waals surface area contributed by atoms with Crippen LogP contribution in [0.3, 0.4) is 0 Å². The van der Waals surface area contributed by atoms with Crippen molar-refractivity contribution in [3.8, 4) is 0 Å². The van der Waals surface area contributed by atoms with Crippen LogP contribution in [0.25, 0.3) is 0 Å². The van der Waals surface area contributed by atoms with Crippen LogP contribution >= 0.6 is 0 Å². The number of sulfone groups is 1. The van der Waals surface area contributed by atoms with Crippen LogP contribution in [0.4, 0.5) is 0 Å². The SMILES string of the molecule is C[NH+]1CCCC(S(C)(=O)=O)C1. The summed E-state index contributed by atoms with van der Waals surface area (Å²) in [5.74, 6) is 0. The molecule has 0 aromatic rings. The zero-order valence-electron chi connectivity index (χ0n) is 7.13. The highest BCUT2D eigenvalue weighted by Crippen LogP contribution is 2.07. The van der Waals surface area contributed by atoms with E-state index in [-0.39, 0.29) is 5.25 Å². The third kappa shape index (κ3) is 2.45. The number of hydrogen-bond donors (Lipinski definition) is 1. The zero-order valence-corrected chi connectivity index (χ0v) is 7.95. The minimum Gasteiger partial charge on any atom is -0.336 e. The van der Waals surface area contributed by atoms with Gasteiger partial charge in [0.25, 0.3) is 0 Å². The molecular formula is C7H16NO2S+. The van der Waals surface area contributed by atoms with Crippen LogP contribution in [0.1, 0.15) is 12.8 Å². The molecule has 1 saturated heterocycles. The molecule has 1 heterocycles. The maximum atomic E-state index is 11.1. The monoisotopic (exact) mass is 178 g/mol. The molecule has 2 atom stereocenters. The Morgan fingerprint density at radius 1 is 1.45 bits per heavy atom. The van der Waals surface area contributed by atoms with E-state index >= 15 is 0 Å². The van der Waals surface area contributed by atoms with E-state index in [1.54, 1.807) is 0 Å². The molecule has 0 bridgehead atoms. The second kappa shape index (κ2) is 3.11. The van der Waals surface area contributed by atoms with E-state index in [2.05, 4.69) is 7.05 Å². The Bertz CT molecular complexity index is 223. The van der Waals surface area contributed by atoms with Crippen molar-refractivity contribution in [1.82, 2.24) is 0 Å². The molecule has 0 aromatic heterocycles. The van der Waals surface area contributed by atoms with Crippen molar-refractivity contribution in [1.29, 1.82) is 0 Å². The lowest BCUT2D eigenvalue weighted by atomic mass is 10.1. The number of piperidine rings is 1. The normalized spacial score (nSPS) is 33.6. The summed E-state index contributed by atoms with van der Waals surface area (Å²) in [4.78, 5) is 1.34. The number of nitrogens with one attached hydrogen (secondary N) is 1. The van der Waals surface area contributed by atoms with Gasteiger partial charge in [-0.25, -0.2) is 8.42 Å². The molecule has 4 heteroatoms. The largest absolute Gasteiger partial charge is 0.336 e. The Morgan fingerprint density at radius 3 is 2.45 bits per heavy atom. The Hall–Kier alpha value is -0.0900. The van der Waals surface area contributed by atoms with Crippen LogP contribution in [-0.4, -0.2) is 40.1 Å². The summed E-state index contributed by atoms with van der Waals surface area (Å²) >= 11 is 0. The molecule has 1 fully saturated rings. The molecule has 0 radical (unpaired) electrons. The van der Waals surface area contributed by atoms with Crippen molar-refractivity contribution < 1.29 is 13.3 Å². The summed E-state index contributed by atoms with van der Waals surface area (Å²) in [6, 6.07) is 0. The van der Waals surface area contributed by atoms with Crippen molar-refractivity contribution in [3.63, 3.8) is 0 Å². The minimum absolute atomic E-state index is 0.0868. The van der Waals surface area contributed by atoms with Gasteiger partial charge in [-0.15, -0.1) is 0 Å². The first-order valence-electron chi connectivity index (χ1n) is 4.00. The van der Waals surface area contributed by atoms with Crippen molar-refractivity contribution >= 4 is 9.84 Å². The third-order valence-electron chi connectivity index (χ3n) is 2.31. The fourth-order valence-electron chi connectivity index (χ4n) is 1.59. The van der Waals surface area contributed by atoms with Crippen LogP contribution in [-0.2, 0) is 9.84 Å². The molecule has 1 rings (SSSR count). The predicted molar refractivity (Wildman–Crippen MR) is 44.5 cm³/mol. The molecule has 1 N–H and O–H groups in total. The van der Waals surface area contributed by atoms with Crippen molar-refractivity contribution in [3.05, 3.63) is 0 Å². The van der Waals surface area contributed by atoms with E-state index < -0.39 is 9.84 Å². The Morgan fingerprint density at radius 2 is 2.09 bits per heavy atom. The molecular weight excluding hydrogens is 162 g/mol. The molecule has 0 saturated carbocycles. The summed E-state index contributed by atoms with van der Waals surface area (Å²) in [6.45, 7) is 1.91. The predicted octanol–water partition coefficient (Wildman–Crippen LogP) is -1.29. The van der Waals surface area contributed by atoms with E-state index in [1.165, 1.54) is 11.2 Å². The maximum absolute atomic E-state index is 11.1. The second-order valence-electron chi connectivity index (χ2n) is 3.50. The zero-order chi connectivity index (χ0) is 8.48. The van der Waals surface area contributed by atoms with Gasteiger partial charge >= 0.3 is 0 Å². The molecule has 0 aromatic carbocycles. The topological polar surface area (TPSA) is 38.6 Å². The van der Waals surface area contributed by atoms with Gasteiger partial charge < -0.3 is 4.90 Å². The molecule has 1 aliphatic heterocycles. The van der Waals surface area contributed by atoms with Crippen molar-refractivity contribution in [2.75, 3.05) is 26.4 Å². The maximum Gasteiger partial charge on any atom is 0.155 e. The molecule has 0 aliphatic carbocycles. The lowest BCUT2D eigenvalue weighted by Crippen LogP contribution is -3.11. The summed E-state index contributed by atoms with van der Waals surface area (Å²) in [5.41, 5.74) is 0. The molecule has 11 heavy (non-hydrogen) atoms. The fourth-order valence-corrected chi connectivity index (χ4v) is 2.77. The highest BCUT2D eigenvalue weighted by molar-refractivity contribution is 7.91. The van der Waals surface area contributed by atoms with E-state index in [4.69, 9.17) is 0 Å². The molecule has 2 unspecified atom stereocenters. The second-order valence-corrected chi connectivity index (χ2v) is 5.83. The lowest BCUT2D eigenvalue weighted by molar-refractivity contribution is -0.883. The summed E-state index contributed by atoms with van der Waals surface area (Å²) in [5, 5.41) is -0.0868. The first-order valence-corrected chi connectivity index (χ1v) is 5.96. The quantitative estimate of drug-likeness (QED) is 0.542. The van der Waals surface area contributed by atoms with Gasteiger partial charge in [-0.2, -0.15) is 0 Å². The first kappa shape index (κ1) is 9.00. The van der Waals surface area contributed by atoms with Gasteiger partial charge in [-0.05, 0) is 12.8 Å². The van der Waals surface area contributed by atoms with Gasteiger partial charge in [0.15, 0.2) is 9.84 Å². The molecule has 3 nitrogen and oxygen atoms in total. The highest BCUT2D eigenvalue weighted by atomic mass is 32.2. The van der Waals surface area contributed by atoms with Crippen LogP contribution < -0.4 is 4.90 Å². The van der Waals surface area contributed by atoms with Crippen molar-refractivity contribution in [2.45, 2.75) is 18.1 Å². The Balaban J connectivity index is 2.60. The van der Waals surface area contributed by atoms with Crippen LogP contribution in [0.15, 0.2) is 0 Å². The van der Waals surface area contributed by atoms with Gasteiger partial charge in [0.05, 0.1) is 20.1 Å². The highest BCUT2D eigenvalue weighted by Gasteiger charge is 2.28. The fraction of sp³-hybridized carbons (Fsp3) is 1.00. The average molecular weight is 178 g/mol. The average Bonchev–Trinajstić information content (AvgIpc) is 1.86. The minimum atomic E-state index is -2.78. The van der Waals surface area contributed by atoms with E-state index in [0.717, 1.165) is 25.9 Å². The van der Waals surface area contributed by atoms with E-state index in [0.29, 0.717) is 0 Å². The standard InChI is InChI=1S/C7H15NO2S/c1-8-5-3-4-7(6-8)11(2,9)10/h7H,3-6H2,1-2H3/p+1. The smallest absolute Gasteiger partial charge is 0.155 e. The van der Waals surface area contributed by atoms with Gasteiger partial charge in [0.2, 0.25) is 0 Å². The number of rotatable bonds is 1. The molecule has 0 amide bonds. The van der Waals surface area contributed by atoms with E-state index in [1.807, 2.05) is 0 Å². The number of likely N-dealkylation sites (tertiary alicyclic amines) is 1. The van der Waals surface area contributed by atoms with Crippen molar-refractivity contribution in [2.24, 2.45) is 0 Å². The summed E-state index contributed by atoms with van der Waals surface area (Å²) in [6.07, 6.45) is 3.25. The van der Waals surface area contributed by atoms with Gasteiger partial charge in [0, 0.05) is 6.26 Å². The lowest BCUT2D eigenvalue weighted by Gasteiger charge is -2.25. The third-order valence-corrected chi connectivity index (χ3v) is 3.92. The molecule has 1 aliphatic rings. The van der Waals surface area contributed by atoms with E-state index in [9.17, 15) is 8.42 Å². The number of hydrogen-bond acceptors (Lipinski definition) is 2. The summed E-state index contributed by atoms with van der Waals surface area (Å²) < 4.78 is 22.2. The Kier molecular flexibility index (Phi) is 2.54. The number of quaternary nitrogens is 1. The van der Waals surface area contributed by atoms with Gasteiger partial charge in [-0.3, -0.25) is 0 Å². The van der Waals surface area contributed by atoms with Crippen LogP contribution in [0, 0.1) is 0 Å². The molecule has 66 valence electrons.